The Morgan fingerprint density at radius 3 is 2.76 bits per heavy atom. The molecule has 0 spiro atoms. The van der Waals surface area contributed by atoms with E-state index in [1.54, 1.807) is 54.5 Å². The third-order valence-corrected chi connectivity index (χ3v) is 4.51. The average Bonchev–Trinajstić information content (AvgIpc) is 3.09. The van der Waals surface area contributed by atoms with Gasteiger partial charge in [0.05, 0.1) is 54.7 Å². The molecule has 0 amide bonds. The van der Waals surface area contributed by atoms with Crippen LogP contribution >= 0.6 is 0 Å². The van der Waals surface area contributed by atoms with Crippen LogP contribution in [0.15, 0.2) is 48.9 Å². The van der Waals surface area contributed by atoms with Crippen LogP contribution < -0.4 is 9.47 Å². The van der Waals surface area contributed by atoms with Crippen molar-refractivity contribution in [2.75, 3.05) is 14.2 Å². The number of nitrogens with zero attached hydrogens (tertiary/aromatic N) is 5. The van der Waals surface area contributed by atoms with Crippen LogP contribution in [0.2, 0.25) is 0 Å². The smallest absolute Gasteiger partial charge is 0.256 e. The Balaban J connectivity index is 1.78. The van der Waals surface area contributed by atoms with Gasteiger partial charge in [0.1, 0.15) is 0 Å². The number of aromatic hydroxyl groups is 1. The number of fused-ring (bicyclic) bond motifs is 1. The number of methoxy groups -OCH3 is 2. The summed E-state index contributed by atoms with van der Waals surface area (Å²) in [5.74, 6) is 0.972. The van der Waals surface area contributed by atoms with Gasteiger partial charge < -0.3 is 14.6 Å². The molecule has 0 bridgehead atoms. The highest BCUT2D eigenvalue weighted by molar-refractivity contribution is 5.87. The molecule has 4 heterocycles. The first kappa shape index (κ1) is 18.3. The molecule has 29 heavy (non-hydrogen) atoms. The highest BCUT2D eigenvalue weighted by Crippen LogP contribution is 2.33. The zero-order chi connectivity index (χ0) is 20.4. The zero-order valence-electron chi connectivity index (χ0n) is 15.8. The van der Waals surface area contributed by atoms with Crippen molar-refractivity contribution in [2.45, 2.75) is 6.42 Å². The van der Waals surface area contributed by atoms with Gasteiger partial charge in [-0.05, 0) is 30.3 Å². The van der Waals surface area contributed by atoms with Crippen LogP contribution in [0, 0.1) is 11.3 Å². The minimum absolute atomic E-state index is 0.0681. The Hall–Kier alpha value is -4.12. The van der Waals surface area contributed by atoms with Gasteiger partial charge >= 0.3 is 0 Å². The molecule has 0 aliphatic heterocycles. The monoisotopic (exact) mass is 387 g/mol. The van der Waals surface area contributed by atoms with Crippen LogP contribution in [-0.4, -0.2) is 38.8 Å². The van der Waals surface area contributed by atoms with Gasteiger partial charge in [-0.2, -0.15) is 5.26 Å². The number of pyridine rings is 3. The van der Waals surface area contributed by atoms with E-state index in [9.17, 15) is 5.11 Å². The van der Waals surface area contributed by atoms with Crippen LogP contribution in [0.4, 0.5) is 0 Å². The Morgan fingerprint density at radius 2 is 2.00 bits per heavy atom. The van der Waals surface area contributed by atoms with E-state index in [4.69, 9.17) is 14.7 Å². The highest BCUT2D eigenvalue weighted by atomic mass is 16.5. The number of aromatic nitrogens is 4. The van der Waals surface area contributed by atoms with Crippen LogP contribution in [0.25, 0.3) is 27.8 Å². The maximum absolute atomic E-state index is 10.7. The molecule has 0 aliphatic carbocycles. The second-order valence-corrected chi connectivity index (χ2v) is 6.23. The second-order valence-electron chi connectivity index (χ2n) is 6.23. The molecule has 0 atom stereocenters. The third kappa shape index (κ3) is 3.30. The van der Waals surface area contributed by atoms with Crippen LogP contribution in [0.1, 0.15) is 5.69 Å². The van der Waals surface area contributed by atoms with Crippen molar-refractivity contribution in [3.05, 3.63) is 54.6 Å². The molecule has 4 rings (SSSR count). The third-order valence-electron chi connectivity index (χ3n) is 4.51. The summed E-state index contributed by atoms with van der Waals surface area (Å²) in [5.41, 5.74) is 3.40. The predicted molar refractivity (Wildman–Crippen MR) is 106 cm³/mol. The van der Waals surface area contributed by atoms with E-state index in [0.717, 1.165) is 5.56 Å². The van der Waals surface area contributed by atoms with Gasteiger partial charge in [0.2, 0.25) is 5.88 Å². The molecule has 1 N–H and O–H groups in total. The van der Waals surface area contributed by atoms with Gasteiger partial charge in [0, 0.05) is 24.2 Å². The fraction of sp³-hybridized carbons (Fsp3) is 0.143. The largest absolute Gasteiger partial charge is 0.494 e. The molecule has 0 fully saturated rings. The van der Waals surface area contributed by atoms with Crippen molar-refractivity contribution in [1.29, 1.82) is 5.26 Å². The maximum atomic E-state index is 10.7. The molecule has 0 aliphatic rings. The van der Waals surface area contributed by atoms with Crippen molar-refractivity contribution >= 4 is 10.9 Å². The molecule has 4 aromatic heterocycles. The van der Waals surface area contributed by atoms with Gasteiger partial charge in [-0.25, -0.2) is 9.97 Å². The van der Waals surface area contributed by atoms with Crippen molar-refractivity contribution < 1.29 is 14.6 Å². The molecular formula is C21H17N5O3. The van der Waals surface area contributed by atoms with Gasteiger partial charge in [-0.3, -0.25) is 9.55 Å². The van der Waals surface area contributed by atoms with E-state index in [1.807, 2.05) is 6.07 Å². The lowest BCUT2D eigenvalue weighted by molar-refractivity contribution is 0.343. The predicted octanol–water partition coefficient (Wildman–Crippen LogP) is 3.27. The van der Waals surface area contributed by atoms with Gasteiger partial charge in [-0.15, -0.1) is 0 Å². The summed E-state index contributed by atoms with van der Waals surface area (Å²) in [7, 11) is 3.08. The SMILES string of the molecule is COc1cc(-c2ccc3c(O)n(-c4ccnc(CC#N)c4)cc3n2)cnc1OC. The average molecular weight is 387 g/mol. The topological polar surface area (TPSA) is 106 Å². The fourth-order valence-electron chi connectivity index (χ4n) is 3.10. The number of hydrogen-bond donors (Lipinski definition) is 1. The summed E-state index contributed by atoms with van der Waals surface area (Å²) in [5, 5.41) is 20.2. The van der Waals surface area contributed by atoms with Gasteiger partial charge in [-0.1, -0.05) is 0 Å². The summed E-state index contributed by atoms with van der Waals surface area (Å²) < 4.78 is 12.1. The molecule has 0 saturated heterocycles. The van der Waals surface area contributed by atoms with Crippen molar-refractivity contribution in [3.63, 3.8) is 0 Å². The lowest BCUT2D eigenvalue weighted by Gasteiger charge is -2.08. The first-order valence-corrected chi connectivity index (χ1v) is 8.76. The van der Waals surface area contributed by atoms with E-state index in [1.165, 1.54) is 7.11 Å². The van der Waals surface area contributed by atoms with Gasteiger partial charge in [0.25, 0.3) is 5.88 Å². The lowest BCUT2D eigenvalue weighted by atomic mass is 10.1. The standard InChI is InChI=1S/C21H17N5O3/c1-28-19-9-13(11-24-20(19)29-2)17-4-3-16-18(25-17)12-26(21(16)27)15-6-8-23-14(10-15)5-7-22/h3-4,6,8-12,27H,5H2,1-2H3. The molecule has 0 saturated carbocycles. The molecule has 0 unspecified atom stereocenters. The summed E-state index contributed by atoms with van der Waals surface area (Å²) in [4.78, 5) is 13.1. The highest BCUT2D eigenvalue weighted by Gasteiger charge is 2.14. The van der Waals surface area contributed by atoms with Crippen molar-refractivity contribution in [2.24, 2.45) is 0 Å². The van der Waals surface area contributed by atoms with Crippen molar-refractivity contribution in [3.8, 4) is 40.5 Å². The Kier molecular flexibility index (Phi) is 4.71. The first-order chi connectivity index (χ1) is 14.1. The van der Waals surface area contributed by atoms with Gasteiger partial charge in [0.15, 0.2) is 5.75 Å². The Bertz CT molecular complexity index is 1240. The van der Waals surface area contributed by atoms with E-state index in [-0.39, 0.29) is 12.3 Å². The molecular weight excluding hydrogens is 370 g/mol. The number of hydrogen-bond acceptors (Lipinski definition) is 7. The Morgan fingerprint density at radius 1 is 1.14 bits per heavy atom. The van der Waals surface area contributed by atoms with Crippen LogP contribution in [0.5, 0.6) is 17.5 Å². The van der Waals surface area contributed by atoms with Crippen LogP contribution in [-0.2, 0) is 6.42 Å². The fourth-order valence-corrected chi connectivity index (χ4v) is 3.10. The summed E-state index contributed by atoms with van der Waals surface area (Å²) in [6.45, 7) is 0. The van der Waals surface area contributed by atoms with E-state index in [2.05, 4.69) is 21.0 Å². The molecule has 0 aromatic carbocycles. The van der Waals surface area contributed by atoms with Crippen LogP contribution in [0.3, 0.4) is 0 Å². The normalized spacial score (nSPS) is 10.7. The minimum Gasteiger partial charge on any atom is -0.494 e. The maximum Gasteiger partial charge on any atom is 0.256 e. The second kappa shape index (κ2) is 7.48. The molecule has 8 nitrogen and oxygen atoms in total. The molecule has 8 heteroatoms. The molecule has 4 aromatic rings. The molecule has 0 radical (unpaired) electrons. The zero-order valence-corrected chi connectivity index (χ0v) is 15.8. The summed E-state index contributed by atoms with van der Waals surface area (Å²) >= 11 is 0. The first-order valence-electron chi connectivity index (χ1n) is 8.76. The Labute approximate surface area is 166 Å². The van der Waals surface area contributed by atoms with E-state index in [0.29, 0.717) is 39.6 Å². The minimum atomic E-state index is 0.0681. The van der Waals surface area contributed by atoms with Crippen molar-refractivity contribution in [1.82, 2.24) is 19.5 Å². The number of nitriles is 1. The van der Waals surface area contributed by atoms with E-state index < -0.39 is 0 Å². The number of rotatable bonds is 5. The quantitative estimate of drug-likeness (QED) is 0.560. The summed E-state index contributed by atoms with van der Waals surface area (Å²) in [6.07, 6.45) is 5.21. The lowest BCUT2D eigenvalue weighted by Crippen LogP contribution is -1.95. The van der Waals surface area contributed by atoms with E-state index >= 15 is 0 Å². The summed E-state index contributed by atoms with van der Waals surface area (Å²) in [6, 6.07) is 11.0. The number of ether oxygens (including phenoxy) is 2. The molecule has 144 valence electrons.